The van der Waals surface area contributed by atoms with Crippen molar-refractivity contribution < 1.29 is 9.53 Å². The summed E-state index contributed by atoms with van der Waals surface area (Å²) in [6.45, 7) is 3.61. The van der Waals surface area contributed by atoms with Gasteiger partial charge in [-0.15, -0.1) is 10.2 Å². The van der Waals surface area contributed by atoms with E-state index in [2.05, 4.69) is 20.1 Å². The van der Waals surface area contributed by atoms with Crippen molar-refractivity contribution in [2.45, 2.75) is 64.1 Å². The highest BCUT2D eigenvalue weighted by molar-refractivity contribution is 5.81. The maximum Gasteiger partial charge on any atom is 0.249 e. The molecule has 1 saturated heterocycles. The highest BCUT2D eigenvalue weighted by Gasteiger charge is 2.27. The molecule has 6 nitrogen and oxygen atoms in total. The van der Waals surface area contributed by atoms with Crippen molar-refractivity contribution in [1.29, 1.82) is 0 Å². The predicted molar refractivity (Wildman–Crippen MR) is 73.1 cm³/mol. The zero-order valence-electron chi connectivity index (χ0n) is 12.0. The number of carbonyl (C=O) groups is 1. The molecule has 0 bridgehead atoms. The van der Waals surface area contributed by atoms with Crippen molar-refractivity contribution in [2.75, 3.05) is 6.61 Å². The Morgan fingerprint density at radius 2 is 2.25 bits per heavy atom. The first kappa shape index (κ1) is 13.5. The Balaban J connectivity index is 1.69. The average molecular weight is 278 g/mol. The van der Waals surface area contributed by atoms with Crippen LogP contribution < -0.4 is 5.32 Å². The van der Waals surface area contributed by atoms with Crippen LogP contribution in [0, 0.1) is 0 Å². The lowest BCUT2D eigenvalue weighted by Gasteiger charge is -2.17. The smallest absolute Gasteiger partial charge is 0.249 e. The van der Waals surface area contributed by atoms with E-state index in [1.165, 1.54) is 12.8 Å². The molecule has 1 fully saturated rings. The molecule has 0 spiro atoms. The van der Waals surface area contributed by atoms with Crippen LogP contribution in [0.25, 0.3) is 0 Å². The average Bonchev–Trinajstić information content (AvgIpc) is 3.04. The lowest BCUT2D eigenvalue weighted by atomic mass is 10.2. The van der Waals surface area contributed by atoms with E-state index in [0.717, 1.165) is 43.9 Å². The van der Waals surface area contributed by atoms with E-state index in [9.17, 15) is 4.79 Å². The quantitative estimate of drug-likeness (QED) is 0.906. The molecule has 3 heterocycles. The van der Waals surface area contributed by atoms with E-state index in [4.69, 9.17) is 4.74 Å². The van der Waals surface area contributed by atoms with E-state index in [1.54, 1.807) is 0 Å². The summed E-state index contributed by atoms with van der Waals surface area (Å²) in [5.74, 6) is 1.89. The summed E-state index contributed by atoms with van der Waals surface area (Å²) in [6.07, 6.45) is 6.05. The summed E-state index contributed by atoms with van der Waals surface area (Å²) in [4.78, 5) is 12.1. The summed E-state index contributed by atoms with van der Waals surface area (Å²) in [6, 6.07) is -0.119. The highest BCUT2D eigenvalue weighted by Crippen LogP contribution is 2.19. The molecule has 1 N–H and O–H groups in total. The van der Waals surface area contributed by atoms with Gasteiger partial charge >= 0.3 is 0 Å². The van der Waals surface area contributed by atoms with Gasteiger partial charge in [-0.3, -0.25) is 4.79 Å². The first-order chi connectivity index (χ1) is 9.75. The third kappa shape index (κ3) is 2.70. The zero-order chi connectivity index (χ0) is 13.9. The van der Waals surface area contributed by atoms with E-state index in [1.807, 2.05) is 6.92 Å². The van der Waals surface area contributed by atoms with Gasteiger partial charge in [0.15, 0.2) is 5.82 Å². The van der Waals surface area contributed by atoms with Crippen molar-refractivity contribution in [1.82, 2.24) is 20.1 Å². The second-order valence-electron chi connectivity index (χ2n) is 5.67. The van der Waals surface area contributed by atoms with Crippen LogP contribution in [0.3, 0.4) is 0 Å². The molecule has 2 aliphatic heterocycles. The molecule has 6 heteroatoms. The fraction of sp³-hybridized carbons (Fsp3) is 0.786. The summed E-state index contributed by atoms with van der Waals surface area (Å²) in [5, 5.41) is 11.6. The number of amides is 1. The number of aryl methyl sites for hydroxylation is 1. The Bertz CT molecular complexity index is 480. The Morgan fingerprint density at radius 3 is 3.05 bits per heavy atom. The van der Waals surface area contributed by atoms with Crippen molar-refractivity contribution in [3.8, 4) is 0 Å². The van der Waals surface area contributed by atoms with Gasteiger partial charge < -0.3 is 14.6 Å². The predicted octanol–water partition coefficient (Wildman–Crippen LogP) is 1.36. The third-order valence-electron chi connectivity index (χ3n) is 4.11. The second kappa shape index (κ2) is 5.91. The summed E-state index contributed by atoms with van der Waals surface area (Å²) in [5.41, 5.74) is 0. The molecule has 0 aromatic carbocycles. The van der Waals surface area contributed by atoms with Crippen LogP contribution in [0.2, 0.25) is 0 Å². The van der Waals surface area contributed by atoms with Gasteiger partial charge in [0.25, 0.3) is 0 Å². The monoisotopic (exact) mass is 278 g/mol. The fourth-order valence-electron chi connectivity index (χ4n) is 2.98. The first-order valence-corrected chi connectivity index (χ1v) is 7.59. The van der Waals surface area contributed by atoms with Gasteiger partial charge in [0.2, 0.25) is 5.91 Å². The van der Waals surface area contributed by atoms with Crippen LogP contribution in [0.5, 0.6) is 0 Å². The van der Waals surface area contributed by atoms with Crippen LogP contribution in [0.1, 0.15) is 56.7 Å². The van der Waals surface area contributed by atoms with Gasteiger partial charge in [-0.25, -0.2) is 0 Å². The lowest BCUT2D eigenvalue weighted by molar-refractivity contribution is -0.130. The summed E-state index contributed by atoms with van der Waals surface area (Å²) >= 11 is 0. The van der Waals surface area contributed by atoms with Crippen LogP contribution >= 0.6 is 0 Å². The number of rotatable bonds is 3. The van der Waals surface area contributed by atoms with Gasteiger partial charge in [0.1, 0.15) is 11.9 Å². The molecule has 0 aliphatic carbocycles. The Hall–Kier alpha value is -1.43. The number of carbonyl (C=O) groups excluding carboxylic acids is 1. The summed E-state index contributed by atoms with van der Waals surface area (Å²) in [7, 11) is 0. The van der Waals surface area contributed by atoms with Crippen LogP contribution in [-0.4, -0.2) is 33.4 Å². The van der Waals surface area contributed by atoms with Crippen LogP contribution in [0.4, 0.5) is 0 Å². The minimum atomic E-state index is -0.288. The van der Waals surface area contributed by atoms with E-state index in [-0.39, 0.29) is 18.1 Å². The molecular formula is C14H22N4O2. The van der Waals surface area contributed by atoms with Crippen LogP contribution in [-0.2, 0) is 22.5 Å². The lowest BCUT2D eigenvalue weighted by Crippen LogP contribution is -2.36. The van der Waals surface area contributed by atoms with Crippen LogP contribution in [0.15, 0.2) is 0 Å². The minimum absolute atomic E-state index is 0.0269. The topological polar surface area (TPSA) is 69.0 Å². The Kier molecular flexibility index (Phi) is 4.00. The van der Waals surface area contributed by atoms with E-state index in [0.29, 0.717) is 6.61 Å². The van der Waals surface area contributed by atoms with Crippen molar-refractivity contribution >= 4 is 5.91 Å². The number of fused-ring (bicyclic) bond motifs is 1. The second-order valence-corrected chi connectivity index (χ2v) is 5.67. The van der Waals surface area contributed by atoms with Gasteiger partial charge in [0, 0.05) is 19.6 Å². The molecule has 0 radical (unpaired) electrons. The normalized spacial score (nSPS) is 23.9. The van der Waals surface area contributed by atoms with Gasteiger partial charge in [-0.05, 0) is 32.6 Å². The van der Waals surface area contributed by atoms with Crippen molar-refractivity contribution in [2.24, 2.45) is 0 Å². The number of ether oxygens (including phenoxy) is 1. The fourth-order valence-corrected chi connectivity index (χ4v) is 2.98. The highest BCUT2D eigenvalue weighted by atomic mass is 16.5. The van der Waals surface area contributed by atoms with E-state index >= 15 is 0 Å². The van der Waals surface area contributed by atoms with E-state index < -0.39 is 0 Å². The summed E-state index contributed by atoms with van der Waals surface area (Å²) < 4.78 is 7.58. The number of hydrogen-bond acceptors (Lipinski definition) is 4. The van der Waals surface area contributed by atoms with Gasteiger partial charge in [-0.2, -0.15) is 0 Å². The molecule has 2 atom stereocenters. The van der Waals surface area contributed by atoms with Gasteiger partial charge in [0.05, 0.1) is 6.04 Å². The molecule has 2 unspecified atom stereocenters. The number of aromatic nitrogens is 3. The maximum absolute atomic E-state index is 12.1. The molecule has 2 aliphatic rings. The molecule has 1 aromatic heterocycles. The standard InChI is InChI=1S/C14H22N4O2/c1-10(15-14(19)11-6-5-9-20-11)13-17-16-12-7-3-2-4-8-18(12)13/h10-11H,2-9H2,1H3,(H,15,19). The molecule has 3 rings (SSSR count). The largest absolute Gasteiger partial charge is 0.368 e. The number of hydrogen-bond donors (Lipinski definition) is 1. The maximum atomic E-state index is 12.1. The molecule has 0 saturated carbocycles. The third-order valence-corrected chi connectivity index (χ3v) is 4.11. The SMILES string of the molecule is CC(NC(=O)C1CCCO1)c1nnc2n1CCCCC2. The van der Waals surface area contributed by atoms with Crippen molar-refractivity contribution in [3.05, 3.63) is 11.6 Å². The molecule has 20 heavy (non-hydrogen) atoms. The molecule has 1 amide bonds. The minimum Gasteiger partial charge on any atom is -0.368 e. The first-order valence-electron chi connectivity index (χ1n) is 7.59. The molecule has 1 aromatic rings. The Morgan fingerprint density at radius 1 is 1.35 bits per heavy atom. The van der Waals surface area contributed by atoms with Crippen molar-refractivity contribution in [3.63, 3.8) is 0 Å². The number of nitrogens with one attached hydrogen (secondary N) is 1. The Labute approximate surface area is 118 Å². The zero-order valence-corrected chi connectivity index (χ0v) is 12.0. The number of nitrogens with zero attached hydrogens (tertiary/aromatic N) is 3. The molecular weight excluding hydrogens is 256 g/mol. The van der Waals surface area contributed by atoms with Gasteiger partial charge in [-0.1, -0.05) is 6.42 Å². The molecule has 110 valence electrons.